The van der Waals surface area contributed by atoms with Gasteiger partial charge in [0.1, 0.15) is 6.04 Å². The third kappa shape index (κ3) is 5.13. The van der Waals surface area contributed by atoms with Crippen LogP contribution in [-0.4, -0.2) is 26.6 Å². The molecule has 2 aromatic rings. The topological polar surface area (TPSA) is 66.5 Å². The van der Waals surface area contributed by atoms with Crippen molar-refractivity contribution in [2.75, 3.05) is 10.6 Å². The summed E-state index contributed by atoms with van der Waals surface area (Å²) in [6.07, 6.45) is 1.50. The molecule has 0 aliphatic carbocycles. The van der Waals surface area contributed by atoms with Crippen molar-refractivity contribution in [3.05, 3.63) is 64.7 Å². The van der Waals surface area contributed by atoms with E-state index in [9.17, 15) is 13.2 Å². The van der Waals surface area contributed by atoms with E-state index < -0.39 is 16.1 Å². The molecule has 0 aliphatic rings. The van der Waals surface area contributed by atoms with Crippen molar-refractivity contribution in [1.29, 1.82) is 0 Å². The van der Waals surface area contributed by atoms with Crippen LogP contribution < -0.4 is 9.62 Å². The first-order valence-electron chi connectivity index (χ1n) is 9.48. The van der Waals surface area contributed by atoms with Gasteiger partial charge in [0, 0.05) is 0 Å². The van der Waals surface area contributed by atoms with Crippen LogP contribution in [0, 0.1) is 20.8 Å². The van der Waals surface area contributed by atoms with Gasteiger partial charge in [0.15, 0.2) is 0 Å². The number of nitrogens with one attached hydrogen (secondary N) is 1. The van der Waals surface area contributed by atoms with E-state index in [2.05, 4.69) is 11.4 Å². The van der Waals surface area contributed by atoms with Gasteiger partial charge < -0.3 is 5.32 Å². The summed E-state index contributed by atoms with van der Waals surface area (Å²) in [7, 11) is -3.63. The second-order valence-electron chi connectivity index (χ2n) is 7.41. The fourth-order valence-corrected chi connectivity index (χ4v) is 4.58. The highest BCUT2D eigenvalue weighted by molar-refractivity contribution is 7.92. The van der Waals surface area contributed by atoms with Crippen LogP contribution in [0.3, 0.4) is 0 Å². The highest BCUT2D eigenvalue weighted by Gasteiger charge is 2.32. The standard InChI is InChI=1S/C22H30N2O3S/c1-7-21(24(28(6,26)27)19-12-9-15(2)10-13-19)22(25)23-18(5)20-14-16(3)8-11-17(20)4/h8-14,18,21H,7H2,1-6H3,(H,23,25). The van der Waals surface area contributed by atoms with Crippen LogP contribution in [0.25, 0.3) is 0 Å². The average Bonchev–Trinajstić information content (AvgIpc) is 2.61. The molecule has 0 spiro atoms. The van der Waals surface area contributed by atoms with Gasteiger partial charge in [-0.2, -0.15) is 0 Å². The monoisotopic (exact) mass is 402 g/mol. The van der Waals surface area contributed by atoms with E-state index in [0.717, 1.165) is 28.5 Å². The van der Waals surface area contributed by atoms with Crippen LogP contribution in [0.1, 0.15) is 48.6 Å². The maximum absolute atomic E-state index is 13.1. The Bertz CT molecular complexity index is 937. The zero-order valence-electron chi connectivity index (χ0n) is 17.5. The van der Waals surface area contributed by atoms with Crippen LogP contribution in [0.2, 0.25) is 0 Å². The summed E-state index contributed by atoms with van der Waals surface area (Å²) in [6.45, 7) is 9.69. The highest BCUT2D eigenvalue weighted by Crippen LogP contribution is 2.24. The molecule has 0 saturated carbocycles. The molecule has 152 valence electrons. The van der Waals surface area contributed by atoms with Crippen LogP contribution in [0.4, 0.5) is 5.69 Å². The summed E-state index contributed by atoms with van der Waals surface area (Å²) in [5.41, 5.74) is 4.76. The lowest BCUT2D eigenvalue weighted by Crippen LogP contribution is -2.49. The minimum absolute atomic E-state index is 0.221. The second-order valence-corrected chi connectivity index (χ2v) is 9.27. The lowest BCUT2D eigenvalue weighted by molar-refractivity contribution is -0.122. The van der Waals surface area contributed by atoms with E-state index >= 15 is 0 Å². The van der Waals surface area contributed by atoms with Crippen molar-refractivity contribution in [3.8, 4) is 0 Å². The van der Waals surface area contributed by atoms with Crippen LogP contribution in [0.5, 0.6) is 0 Å². The number of nitrogens with zero attached hydrogens (tertiary/aromatic N) is 1. The van der Waals surface area contributed by atoms with Gasteiger partial charge in [-0.05, 0) is 57.4 Å². The van der Waals surface area contributed by atoms with Gasteiger partial charge in [0.25, 0.3) is 0 Å². The lowest BCUT2D eigenvalue weighted by atomic mass is 9.99. The summed E-state index contributed by atoms with van der Waals surface area (Å²) in [5.74, 6) is -0.304. The number of aryl methyl sites for hydroxylation is 3. The van der Waals surface area contributed by atoms with Gasteiger partial charge in [-0.1, -0.05) is 48.4 Å². The largest absolute Gasteiger partial charge is 0.348 e. The van der Waals surface area contributed by atoms with Crippen molar-refractivity contribution in [2.45, 2.75) is 53.1 Å². The normalized spacial score (nSPS) is 13.6. The van der Waals surface area contributed by atoms with E-state index in [1.165, 1.54) is 4.31 Å². The quantitative estimate of drug-likeness (QED) is 0.760. The molecular formula is C22H30N2O3S. The smallest absolute Gasteiger partial charge is 0.244 e. The molecule has 2 atom stereocenters. The van der Waals surface area contributed by atoms with E-state index in [0.29, 0.717) is 12.1 Å². The molecule has 0 saturated heterocycles. The number of amides is 1. The molecule has 2 unspecified atom stereocenters. The molecule has 6 heteroatoms. The number of hydrogen-bond donors (Lipinski definition) is 1. The van der Waals surface area contributed by atoms with E-state index in [4.69, 9.17) is 0 Å². The summed E-state index contributed by atoms with van der Waals surface area (Å²) in [5, 5.41) is 3.00. The molecule has 0 heterocycles. The van der Waals surface area contributed by atoms with Gasteiger partial charge in [-0.25, -0.2) is 8.42 Å². The predicted octanol–water partition coefficient (Wildman–Crippen LogP) is 4.03. The predicted molar refractivity (Wildman–Crippen MR) is 115 cm³/mol. The number of carbonyl (C=O) groups excluding carboxylic acids is 1. The zero-order chi connectivity index (χ0) is 21.1. The minimum atomic E-state index is -3.63. The molecule has 1 amide bonds. The fraction of sp³-hybridized carbons (Fsp3) is 0.409. The van der Waals surface area contributed by atoms with Crippen molar-refractivity contribution in [1.82, 2.24) is 5.32 Å². The summed E-state index contributed by atoms with van der Waals surface area (Å²) in [4.78, 5) is 13.1. The molecule has 2 aromatic carbocycles. The van der Waals surface area contributed by atoms with Gasteiger partial charge >= 0.3 is 0 Å². The zero-order valence-corrected chi connectivity index (χ0v) is 18.3. The Labute approximate surface area is 168 Å². The third-order valence-electron chi connectivity index (χ3n) is 4.88. The van der Waals surface area contributed by atoms with E-state index in [-0.39, 0.29) is 11.9 Å². The molecule has 2 rings (SSSR count). The number of benzene rings is 2. The average molecular weight is 403 g/mol. The first-order valence-corrected chi connectivity index (χ1v) is 11.3. The Hall–Kier alpha value is -2.34. The maximum Gasteiger partial charge on any atom is 0.244 e. The molecule has 0 aliphatic heterocycles. The Balaban J connectivity index is 2.33. The number of hydrogen-bond acceptors (Lipinski definition) is 3. The first-order chi connectivity index (χ1) is 13.0. The number of rotatable bonds is 7. The van der Waals surface area contributed by atoms with Crippen molar-refractivity contribution < 1.29 is 13.2 Å². The molecule has 0 aromatic heterocycles. The fourth-order valence-electron chi connectivity index (χ4n) is 3.37. The molecule has 1 N–H and O–H groups in total. The van der Waals surface area contributed by atoms with E-state index in [1.807, 2.05) is 58.9 Å². The van der Waals surface area contributed by atoms with Crippen molar-refractivity contribution >= 4 is 21.6 Å². The Morgan fingerprint density at radius 2 is 1.61 bits per heavy atom. The molecular weight excluding hydrogens is 372 g/mol. The SMILES string of the molecule is CCC(C(=O)NC(C)c1cc(C)ccc1C)N(c1ccc(C)cc1)S(C)(=O)=O. The number of anilines is 1. The lowest BCUT2D eigenvalue weighted by Gasteiger charge is -2.31. The van der Waals surface area contributed by atoms with Crippen molar-refractivity contribution in [2.24, 2.45) is 0 Å². The van der Waals surface area contributed by atoms with Gasteiger partial charge in [0.05, 0.1) is 18.0 Å². The third-order valence-corrected chi connectivity index (χ3v) is 6.06. The Morgan fingerprint density at radius 3 is 2.14 bits per heavy atom. The molecule has 0 radical (unpaired) electrons. The molecule has 28 heavy (non-hydrogen) atoms. The van der Waals surface area contributed by atoms with Gasteiger partial charge in [0.2, 0.25) is 15.9 Å². The first kappa shape index (κ1) is 22.0. The summed E-state index contributed by atoms with van der Waals surface area (Å²) >= 11 is 0. The van der Waals surface area contributed by atoms with E-state index in [1.54, 1.807) is 12.1 Å². The highest BCUT2D eigenvalue weighted by atomic mass is 32.2. The second kappa shape index (κ2) is 8.78. The molecule has 0 fully saturated rings. The van der Waals surface area contributed by atoms with Crippen LogP contribution in [0.15, 0.2) is 42.5 Å². The Morgan fingerprint density at radius 1 is 1.04 bits per heavy atom. The Kier molecular flexibility index (Phi) is 6.88. The number of sulfonamides is 1. The van der Waals surface area contributed by atoms with Gasteiger partial charge in [-0.15, -0.1) is 0 Å². The molecule has 5 nitrogen and oxygen atoms in total. The summed E-state index contributed by atoms with van der Waals surface area (Å²) in [6, 6.07) is 12.2. The summed E-state index contributed by atoms with van der Waals surface area (Å²) < 4.78 is 26.3. The molecule has 0 bridgehead atoms. The van der Waals surface area contributed by atoms with Crippen LogP contribution in [-0.2, 0) is 14.8 Å². The minimum Gasteiger partial charge on any atom is -0.348 e. The number of carbonyl (C=O) groups is 1. The van der Waals surface area contributed by atoms with Crippen molar-refractivity contribution in [3.63, 3.8) is 0 Å². The maximum atomic E-state index is 13.1. The van der Waals surface area contributed by atoms with Crippen LogP contribution >= 0.6 is 0 Å². The van der Waals surface area contributed by atoms with Gasteiger partial charge in [-0.3, -0.25) is 9.10 Å².